The van der Waals surface area contributed by atoms with Crippen molar-refractivity contribution in [2.45, 2.75) is 69.9 Å². The highest BCUT2D eigenvalue weighted by Gasteiger charge is 2.35. The van der Waals surface area contributed by atoms with Gasteiger partial charge in [-0.2, -0.15) is 5.10 Å². The molecular weight excluding hydrogens is 548 g/mol. The van der Waals surface area contributed by atoms with Crippen LogP contribution in [0.2, 0.25) is 0 Å². The molecule has 3 atom stereocenters. The third-order valence-electron chi connectivity index (χ3n) is 8.12. The highest BCUT2D eigenvalue weighted by atomic mass is 16.5. The number of amides is 2. The maximum atomic E-state index is 12.9. The maximum absolute atomic E-state index is 12.9. The number of ether oxygens (including phenoxy) is 1. The topological polar surface area (TPSA) is 156 Å². The Bertz CT molecular complexity index is 1560. The number of nitrogens with one attached hydrogen (secondary N) is 3. The van der Waals surface area contributed by atoms with Crippen molar-refractivity contribution in [1.29, 1.82) is 0 Å². The van der Waals surface area contributed by atoms with Crippen molar-refractivity contribution < 1.29 is 19.4 Å². The Morgan fingerprint density at radius 2 is 1.95 bits per heavy atom. The van der Waals surface area contributed by atoms with Crippen LogP contribution in [0.1, 0.15) is 55.2 Å². The fraction of sp³-hybridized carbons (Fsp3) is 0.419. The van der Waals surface area contributed by atoms with Crippen molar-refractivity contribution in [3.63, 3.8) is 0 Å². The predicted octanol–water partition coefficient (Wildman–Crippen LogP) is 2.74. The van der Waals surface area contributed by atoms with Crippen molar-refractivity contribution in [3.05, 3.63) is 72.7 Å². The summed E-state index contributed by atoms with van der Waals surface area (Å²) in [7, 11) is 0. The first-order valence-electron chi connectivity index (χ1n) is 14.8. The first-order valence-corrected chi connectivity index (χ1v) is 14.8. The molecule has 4 aromatic heterocycles. The van der Waals surface area contributed by atoms with Gasteiger partial charge in [0.25, 0.3) is 5.91 Å². The number of aliphatic hydroxyl groups is 1. The monoisotopic (exact) mass is 584 g/mol. The number of anilines is 1. The number of hydrogen-bond acceptors (Lipinski definition) is 9. The highest BCUT2D eigenvalue weighted by Crippen LogP contribution is 2.29. The summed E-state index contributed by atoms with van der Waals surface area (Å²) in [5.74, 6) is 0.791. The first kappa shape index (κ1) is 28.8. The summed E-state index contributed by atoms with van der Waals surface area (Å²) in [6.45, 7) is 2.77. The lowest BCUT2D eigenvalue weighted by atomic mass is 9.79. The fourth-order valence-electron chi connectivity index (χ4n) is 5.60. The Hall–Kier alpha value is -4.26. The van der Waals surface area contributed by atoms with Crippen LogP contribution in [-0.4, -0.2) is 72.3 Å². The van der Waals surface area contributed by atoms with Gasteiger partial charge in [0.05, 0.1) is 23.3 Å². The molecule has 2 fully saturated rings. The van der Waals surface area contributed by atoms with Gasteiger partial charge in [-0.15, -0.1) is 0 Å². The van der Waals surface area contributed by atoms with Crippen molar-refractivity contribution >= 4 is 23.1 Å². The zero-order valence-corrected chi connectivity index (χ0v) is 24.0. The van der Waals surface area contributed by atoms with E-state index in [9.17, 15) is 14.7 Å². The molecule has 2 aliphatic rings. The molecule has 0 bridgehead atoms. The number of carbonyl (C=O) groups excluding carboxylic acids is 2. The normalized spacial score (nSPS) is 22.2. The van der Waals surface area contributed by atoms with Crippen LogP contribution in [0.4, 0.5) is 5.82 Å². The van der Waals surface area contributed by atoms with Gasteiger partial charge in [0, 0.05) is 67.2 Å². The summed E-state index contributed by atoms with van der Waals surface area (Å²) in [5, 5.41) is 23.8. The van der Waals surface area contributed by atoms with Gasteiger partial charge in [0.15, 0.2) is 11.6 Å². The molecule has 2 amide bonds. The van der Waals surface area contributed by atoms with Crippen molar-refractivity contribution in [1.82, 2.24) is 35.2 Å². The second-order valence-corrected chi connectivity index (χ2v) is 11.4. The molecule has 6 rings (SSSR count). The molecule has 0 radical (unpaired) electrons. The molecule has 0 saturated heterocycles. The number of fused-ring (bicyclic) bond motifs is 1. The smallest absolute Gasteiger partial charge is 0.252 e. The molecule has 0 unspecified atom stereocenters. The number of nitrogens with zero attached hydrogens (tertiary/aromatic N) is 5. The van der Waals surface area contributed by atoms with Gasteiger partial charge >= 0.3 is 0 Å². The van der Waals surface area contributed by atoms with Crippen LogP contribution in [-0.2, 0) is 16.1 Å². The van der Waals surface area contributed by atoms with Crippen LogP contribution < -0.4 is 16.0 Å². The van der Waals surface area contributed by atoms with Gasteiger partial charge in [-0.3, -0.25) is 14.6 Å². The average molecular weight is 585 g/mol. The summed E-state index contributed by atoms with van der Waals surface area (Å²) < 4.78 is 7.51. The number of aliphatic hydroxyl groups excluding tert-OH is 1. The Morgan fingerprint density at radius 1 is 1.12 bits per heavy atom. The van der Waals surface area contributed by atoms with E-state index in [0.29, 0.717) is 23.8 Å². The van der Waals surface area contributed by atoms with E-state index >= 15 is 0 Å². The molecule has 2 aliphatic carbocycles. The third-order valence-corrected chi connectivity index (χ3v) is 8.12. The van der Waals surface area contributed by atoms with E-state index < -0.39 is 6.10 Å². The van der Waals surface area contributed by atoms with Crippen molar-refractivity contribution in [3.8, 4) is 11.1 Å². The van der Waals surface area contributed by atoms with Crippen molar-refractivity contribution in [2.75, 3.05) is 11.9 Å². The van der Waals surface area contributed by atoms with Crippen LogP contribution in [0, 0.1) is 5.92 Å². The Kier molecular flexibility index (Phi) is 8.68. The fourth-order valence-corrected chi connectivity index (χ4v) is 5.60. The summed E-state index contributed by atoms with van der Waals surface area (Å²) >= 11 is 0. The average Bonchev–Trinajstić information content (AvgIpc) is 3.61. The molecule has 12 heteroatoms. The molecule has 2 saturated carbocycles. The van der Waals surface area contributed by atoms with Gasteiger partial charge in [0.1, 0.15) is 6.61 Å². The Morgan fingerprint density at radius 3 is 2.70 bits per heavy atom. The molecule has 0 spiro atoms. The molecular formula is C31H36N8O4. The molecule has 224 valence electrons. The van der Waals surface area contributed by atoms with Gasteiger partial charge in [0.2, 0.25) is 5.91 Å². The number of hydrogen-bond donors (Lipinski definition) is 4. The van der Waals surface area contributed by atoms with Gasteiger partial charge < -0.3 is 25.8 Å². The first-order chi connectivity index (χ1) is 20.9. The summed E-state index contributed by atoms with van der Waals surface area (Å²) in [5.41, 5.74) is 3.16. The minimum atomic E-state index is -0.404. The minimum Gasteiger partial charge on any atom is -0.390 e. The molecule has 4 aromatic rings. The summed E-state index contributed by atoms with van der Waals surface area (Å²) in [4.78, 5) is 37.9. The summed E-state index contributed by atoms with van der Waals surface area (Å²) in [6, 6.07) is 9.51. The standard InChI is InChI=1S/C31H36N8O4/c1-19(14-35-30(41)21-4-3-8-32-15-21)36-24-10-22(11-24)31(42)37-28-13-25-12-20(7-9-39(25)38-28)23-16-33-29(34-17-23)18-43-27-6-2-5-26(27)40/h3-4,7-9,12-13,15-17,19,22,24,26-27,36,40H,2,5-6,10-11,14,18H2,1H3,(H,35,41)(H,37,38,42)/t19-,22-,24+,26-,27-/m0/s1. The lowest BCUT2D eigenvalue weighted by Gasteiger charge is -2.36. The number of rotatable bonds is 11. The summed E-state index contributed by atoms with van der Waals surface area (Å²) in [6.07, 6.45) is 12.1. The van der Waals surface area contributed by atoms with E-state index in [1.165, 1.54) is 0 Å². The largest absolute Gasteiger partial charge is 0.390 e. The molecule has 12 nitrogen and oxygen atoms in total. The highest BCUT2D eigenvalue weighted by molar-refractivity contribution is 5.94. The maximum Gasteiger partial charge on any atom is 0.252 e. The second-order valence-electron chi connectivity index (χ2n) is 11.4. The van der Waals surface area contributed by atoms with Crippen LogP contribution in [0.3, 0.4) is 0 Å². The van der Waals surface area contributed by atoms with Crippen LogP contribution in [0.25, 0.3) is 16.6 Å². The SMILES string of the molecule is C[C@@H](CNC(=O)c1cccnc1)N[C@H]1C[C@@H](C(=O)Nc2cc3cc(-c4cnc(CO[C@H]5CCC[C@@H]5O)nc4)ccn3n2)C1. The minimum absolute atomic E-state index is 0.0458. The molecule has 43 heavy (non-hydrogen) atoms. The molecule has 4 heterocycles. The van der Waals surface area contributed by atoms with Crippen LogP contribution in [0.5, 0.6) is 0 Å². The van der Waals surface area contributed by atoms with E-state index in [2.05, 4.69) is 36.0 Å². The van der Waals surface area contributed by atoms with E-state index in [1.54, 1.807) is 41.4 Å². The quantitative estimate of drug-likeness (QED) is 0.208. The number of aromatic nitrogens is 5. The van der Waals surface area contributed by atoms with Crippen LogP contribution >= 0.6 is 0 Å². The Balaban J connectivity index is 0.961. The van der Waals surface area contributed by atoms with Crippen LogP contribution in [0.15, 0.2) is 61.3 Å². The van der Waals surface area contributed by atoms with E-state index in [4.69, 9.17) is 4.74 Å². The zero-order chi connectivity index (χ0) is 29.8. The van der Waals surface area contributed by atoms with Gasteiger partial charge in [-0.1, -0.05) is 0 Å². The van der Waals surface area contributed by atoms with Gasteiger partial charge in [-0.25, -0.2) is 14.5 Å². The molecule has 0 aliphatic heterocycles. The number of pyridine rings is 2. The molecule has 0 aromatic carbocycles. The number of carbonyl (C=O) groups is 2. The van der Waals surface area contributed by atoms with E-state index in [-0.39, 0.29) is 42.5 Å². The second kappa shape index (κ2) is 12.9. The Labute approximate surface area is 249 Å². The van der Waals surface area contributed by atoms with Gasteiger partial charge in [-0.05, 0) is 68.9 Å². The lowest BCUT2D eigenvalue weighted by molar-refractivity contribution is -0.123. The lowest BCUT2D eigenvalue weighted by Crippen LogP contribution is -2.51. The molecule has 4 N–H and O–H groups in total. The third kappa shape index (κ3) is 7.04. The predicted molar refractivity (Wildman–Crippen MR) is 159 cm³/mol. The zero-order valence-electron chi connectivity index (χ0n) is 24.0. The van der Waals surface area contributed by atoms with E-state index in [0.717, 1.165) is 48.7 Å². The van der Waals surface area contributed by atoms with Crippen molar-refractivity contribution in [2.24, 2.45) is 5.92 Å². The van der Waals surface area contributed by atoms with E-state index in [1.807, 2.05) is 31.3 Å².